The van der Waals surface area contributed by atoms with Crippen LogP contribution in [-0.2, 0) is 15.9 Å². The first-order valence-corrected chi connectivity index (χ1v) is 10.8. The lowest BCUT2D eigenvalue weighted by molar-refractivity contribution is 0.0169. The SMILES string of the molecule is O[C@@H]1CO[C@@H]2[C@H](Cc3cc4nc(-c5ccc(-c6ccccc6)cc5)ccc4[nH]3)CO[C@@H]21. The standard InChI is InChI=1S/C26H24N2O3/c29-24-15-31-25-19(14-30-26(24)25)12-20-13-23-22(27-20)11-10-21(28-23)18-8-6-17(7-9-18)16-4-2-1-3-5-16/h1-11,13,19,24-27,29H,12,14-15H2/t19-,24-,25-,26-/m1/s1. The summed E-state index contributed by atoms with van der Waals surface area (Å²) in [6.07, 6.45) is 0.118. The summed E-state index contributed by atoms with van der Waals surface area (Å²) in [7, 11) is 0. The van der Waals surface area contributed by atoms with Crippen molar-refractivity contribution >= 4 is 11.0 Å². The van der Waals surface area contributed by atoms with Crippen LogP contribution in [0.25, 0.3) is 33.4 Å². The van der Waals surface area contributed by atoms with Gasteiger partial charge in [0.2, 0.25) is 0 Å². The molecule has 2 aliphatic rings. The Morgan fingerprint density at radius 1 is 0.839 bits per heavy atom. The van der Waals surface area contributed by atoms with Crippen molar-refractivity contribution in [2.24, 2.45) is 5.92 Å². The van der Waals surface area contributed by atoms with Gasteiger partial charge in [-0.05, 0) is 35.7 Å². The number of nitrogens with one attached hydrogen (secondary N) is 1. The van der Waals surface area contributed by atoms with Crippen molar-refractivity contribution in [2.45, 2.75) is 24.7 Å². The summed E-state index contributed by atoms with van der Waals surface area (Å²) in [4.78, 5) is 8.37. The molecule has 31 heavy (non-hydrogen) atoms. The number of aliphatic hydroxyl groups excluding tert-OH is 1. The van der Waals surface area contributed by atoms with Gasteiger partial charge in [-0.1, -0.05) is 54.6 Å². The van der Waals surface area contributed by atoms with Crippen molar-refractivity contribution in [1.82, 2.24) is 9.97 Å². The molecule has 0 unspecified atom stereocenters. The van der Waals surface area contributed by atoms with Crippen LogP contribution in [0, 0.1) is 5.92 Å². The lowest BCUT2D eigenvalue weighted by atomic mass is 9.96. The molecule has 4 aromatic rings. The summed E-state index contributed by atoms with van der Waals surface area (Å²) in [5.74, 6) is 0.250. The van der Waals surface area contributed by atoms with Gasteiger partial charge in [0.25, 0.3) is 0 Å². The second kappa shape index (κ2) is 7.61. The molecule has 0 bridgehead atoms. The summed E-state index contributed by atoms with van der Waals surface area (Å²) < 4.78 is 11.5. The van der Waals surface area contributed by atoms with E-state index in [2.05, 4.69) is 71.7 Å². The molecule has 5 nitrogen and oxygen atoms in total. The topological polar surface area (TPSA) is 67.4 Å². The molecule has 2 aromatic heterocycles. The number of aromatic amines is 1. The second-order valence-electron chi connectivity index (χ2n) is 8.49. The highest BCUT2D eigenvalue weighted by Gasteiger charge is 2.46. The predicted octanol–water partition coefficient (Wildman–Crippen LogP) is 4.21. The Labute approximate surface area is 180 Å². The number of benzene rings is 2. The van der Waals surface area contributed by atoms with Crippen LogP contribution < -0.4 is 0 Å². The molecule has 0 aliphatic carbocycles. The summed E-state index contributed by atoms with van der Waals surface area (Å²) in [6.45, 7) is 0.987. The molecular formula is C26H24N2O3. The molecule has 2 fully saturated rings. The van der Waals surface area contributed by atoms with Gasteiger partial charge in [-0.2, -0.15) is 0 Å². The molecule has 2 N–H and O–H groups in total. The van der Waals surface area contributed by atoms with Gasteiger partial charge in [0.05, 0.1) is 36.0 Å². The Bertz CT molecular complexity index is 1200. The molecule has 0 amide bonds. The van der Waals surface area contributed by atoms with Crippen molar-refractivity contribution in [3.05, 3.63) is 78.5 Å². The van der Waals surface area contributed by atoms with Gasteiger partial charge in [0.1, 0.15) is 12.2 Å². The molecule has 156 valence electrons. The van der Waals surface area contributed by atoms with Gasteiger partial charge in [0, 0.05) is 17.2 Å². The molecule has 0 spiro atoms. The zero-order valence-electron chi connectivity index (χ0n) is 17.1. The van der Waals surface area contributed by atoms with Crippen LogP contribution >= 0.6 is 0 Å². The minimum absolute atomic E-state index is 0.0203. The number of rotatable bonds is 4. The van der Waals surface area contributed by atoms with E-state index in [1.165, 1.54) is 11.1 Å². The fourth-order valence-electron chi connectivity index (χ4n) is 4.82. The van der Waals surface area contributed by atoms with E-state index in [-0.39, 0.29) is 18.1 Å². The van der Waals surface area contributed by atoms with Crippen LogP contribution in [0.4, 0.5) is 0 Å². The number of H-pyrrole nitrogens is 1. The highest BCUT2D eigenvalue weighted by molar-refractivity contribution is 5.80. The van der Waals surface area contributed by atoms with Crippen molar-refractivity contribution in [1.29, 1.82) is 0 Å². The van der Waals surface area contributed by atoms with Crippen LogP contribution in [-0.4, -0.2) is 46.6 Å². The smallest absolute Gasteiger partial charge is 0.112 e. The minimum atomic E-state index is -0.504. The first kappa shape index (κ1) is 18.8. The third-order valence-corrected chi connectivity index (χ3v) is 6.43. The number of aliphatic hydroxyl groups is 1. The molecular weight excluding hydrogens is 388 g/mol. The van der Waals surface area contributed by atoms with E-state index < -0.39 is 6.10 Å². The maximum absolute atomic E-state index is 9.95. The van der Waals surface area contributed by atoms with Crippen LogP contribution in [0.5, 0.6) is 0 Å². The number of hydrogen-bond acceptors (Lipinski definition) is 4. The predicted molar refractivity (Wildman–Crippen MR) is 120 cm³/mol. The van der Waals surface area contributed by atoms with Crippen molar-refractivity contribution < 1.29 is 14.6 Å². The normalized spacial score (nSPS) is 25.2. The first-order valence-electron chi connectivity index (χ1n) is 10.8. The largest absolute Gasteiger partial charge is 0.388 e. The fourth-order valence-corrected chi connectivity index (χ4v) is 4.82. The van der Waals surface area contributed by atoms with Gasteiger partial charge in [-0.25, -0.2) is 4.98 Å². The van der Waals surface area contributed by atoms with Crippen LogP contribution in [0.1, 0.15) is 5.69 Å². The third kappa shape index (κ3) is 3.45. The van der Waals surface area contributed by atoms with Crippen molar-refractivity contribution in [2.75, 3.05) is 13.2 Å². The fraction of sp³-hybridized carbons (Fsp3) is 0.269. The van der Waals surface area contributed by atoms with E-state index in [0.29, 0.717) is 13.2 Å². The average molecular weight is 412 g/mol. The summed E-state index contributed by atoms with van der Waals surface area (Å²) in [5, 5.41) is 9.95. The molecule has 5 heteroatoms. The van der Waals surface area contributed by atoms with Gasteiger partial charge < -0.3 is 19.6 Å². The molecule has 2 aromatic carbocycles. The van der Waals surface area contributed by atoms with Crippen LogP contribution in [0.15, 0.2) is 72.8 Å². The molecule has 2 saturated heterocycles. The molecule has 2 aliphatic heterocycles. The summed E-state index contributed by atoms with van der Waals surface area (Å²) in [6, 6.07) is 25.2. The number of pyridine rings is 1. The molecule has 4 heterocycles. The maximum atomic E-state index is 9.95. The minimum Gasteiger partial charge on any atom is -0.388 e. The van der Waals surface area contributed by atoms with E-state index in [4.69, 9.17) is 14.5 Å². The second-order valence-corrected chi connectivity index (χ2v) is 8.49. The number of fused-ring (bicyclic) bond motifs is 2. The summed E-state index contributed by atoms with van der Waals surface area (Å²) >= 11 is 0. The Hall–Kier alpha value is -2.99. The van der Waals surface area contributed by atoms with Crippen molar-refractivity contribution in [3.8, 4) is 22.4 Å². The zero-order valence-corrected chi connectivity index (χ0v) is 17.1. The van der Waals surface area contributed by atoms with Crippen LogP contribution in [0.3, 0.4) is 0 Å². The Balaban J connectivity index is 1.23. The average Bonchev–Trinajstić information content (AvgIpc) is 3.51. The van der Waals surface area contributed by atoms with E-state index in [9.17, 15) is 5.11 Å². The lowest BCUT2D eigenvalue weighted by Gasteiger charge is -2.14. The Kier molecular flexibility index (Phi) is 4.60. The van der Waals surface area contributed by atoms with E-state index in [1.54, 1.807) is 0 Å². The monoisotopic (exact) mass is 412 g/mol. The van der Waals surface area contributed by atoms with Crippen molar-refractivity contribution in [3.63, 3.8) is 0 Å². The van der Waals surface area contributed by atoms with Gasteiger partial charge in [-0.3, -0.25) is 0 Å². The van der Waals surface area contributed by atoms with E-state index in [0.717, 1.165) is 34.4 Å². The third-order valence-electron chi connectivity index (χ3n) is 6.43. The molecule has 0 radical (unpaired) electrons. The molecule has 0 saturated carbocycles. The van der Waals surface area contributed by atoms with E-state index >= 15 is 0 Å². The quantitative estimate of drug-likeness (QED) is 0.527. The number of ether oxygens (including phenoxy) is 2. The van der Waals surface area contributed by atoms with Crippen LogP contribution in [0.2, 0.25) is 0 Å². The number of hydrogen-bond donors (Lipinski definition) is 2. The molecule has 4 atom stereocenters. The Morgan fingerprint density at radius 2 is 1.58 bits per heavy atom. The highest BCUT2D eigenvalue weighted by Crippen LogP contribution is 2.33. The van der Waals surface area contributed by atoms with Gasteiger partial charge >= 0.3 is 0 Å². The number of nitrogens with zero attached hydrogens (tertiary/aromatic N) is 1. The van der Waals surface area contributed by atoms with Gasteiger partial charge in [0.15, 0.2) is 0 Å². The molecule has 6 rings (SSSR count). The Morgan fingerprint density at radius 3 is 2.42 bits per heavy atom. The highest BCUT2D eigenvalue weighted by atomic mass is 16.6. The zero-order chi connectivity index (χ0) is 20.8. The lowest BCUT2D eigenvalue weighted by Crippen LogP contribution is -2.29. The van der Waals surface area contributed by atoms with E-state index in [1.807, 2.05) is 6.07 Å². The number of aromatic nitrogens is 2. The maximum Gasteiger partial charge on any atom is 0.112 e. The first-order chi connectivity index (χ1) is 15.2. The summed E-state index contributed by atoms with van der Waals surface area (Å²) in [5.41, 5.74) is 7.59. The van der Waals surface area contributed by atoms with Gasteiger partial charge in [-0.15, -0.1) is 0 Å².